The second-order valence-electron chi connectivity index (χ2n) is 8.27. The third-order valence-corrected chi connectivity index (χ3v) is 6.77. The first kappa shape index (κ1) is 28.3. The Morgan fingerprint density at radius 1 is 1.09 bits per heavy atom. The molecule has 2 heteroatoms. The van der Waals surface area contributed by atoms with Crippen LogP contribution in [0.5, 0.6) is 0 Å². The van der Waals surface area contributed by atoms with Crippen molar-refractivity contribution in [1.29, 1.82) is 0 Å². The Balaban J connectivity index is 3.44. The van der Waals surface area contributed by atoms with Crippen molar-refractivity contribution in [2.24, 2.45) is 0 Å². The van der Waals surface area contributed by atoms with E-state index in [-0.39, 0.29) is 0 Å². The van der Waals surface area contributed by atoms with Crippen molar-refractivity contribution in [1.82, 2.24) is 5.32 Å². The number of rotatable bonds is 12. The van der Waals surface area contributed by atoms with Gasteiger partial charge in [-0.15, -0.1) is 0 Å². The number of aryl methyl sites for hydroxylation is 1. The van der Waals surface area contributed by atoms with Gasteiger partial charge in [0.1, 0.15) is 0 Å². The van der Waals surface area contributed by atoms with Crippen LogP contribution in [0.15, 0.2) is 123 Å². The molecule has 0 amide bonds. The van der Waals surface area contributed by atoms with Gasteiger partial charge in [-0.25, -0.2) is 0 Å². The van der Waals surface area contributed by atoms with Gasteiger partial charge in [-0.05, 0) is 81.2 Å². The van der Waals surface area contributed by atoms with E-state index in [1.54, 1.807) is 17.8 Å². The van der Waals surface area contributed by atoms with E-state index in [2.05, 4.69) is 109 Å². The summed E-state index contributed by atoms with van der Waals surface area (Å²) in [6.45, 7) is 28.4. The number of thioether (sulfide) groups is 1. The van der Waals surface area contributed by atoms with Crippen molar-refractivity contribution in [3.63, 3.8) is 0 Å². The Bertz CT molecular complexity index is 1020. The Morgan fingerprint density at radius 3 is 2.30 bits per heavy atom. The predicted octanol–water partition coefficient (Wildman–Crippen LogP) is 9.40. The molecule has 0 saturated carbocycles. The molecule has 0 aromatic heterocycles. The minimum absolute atomic E-state index is 0.691. The van der Waals surface area contributed by atoms with Crippen LogP contribution in [-0.2, 0) is 0 Å². The minimum Gasteiger partial charge on any atom is -0.381 e. The number of benzene rings is 1. The quantitative estimate of drug-likeness (QED) is 0.247. The zero-order valence-electron chi connectivity index (χ0n) is 21.6. The largest absolute Gasteiger partial charge is 0.381 e. The van der Waals surface area contributed by atoms with Crippen LogP contribution in [0.4, 0.5) is 0 Å². The summed E-state index contributed by atoms with van der Waals surface area (Å²) >= 11 is 1.78. The van der Waals surface area contributed by atoms with E-state index in [0.717, 1.165) is 23.3 Å². The van der Waals surface area contributed by atoms with Crippen molar-refractivity contribution in [2.75, 3.05) is 6.54 Å². The molecule has 1 aromatic carbocycles. The molecule has 1 nitrogen and oxygen atoms in total. The van der Waals surface area contributed by atoms with Gasteiger partial charge in [0.2, 0.25) is 0 Å². The van der Waals surface area contributed by atoms with Gasteiger partial charge in [-0.3, -0.25) is 0 Å². The summed E-state index contributed by atoms with van der Waals surface area (Å²) in [5.41, 5.74) is 9.27. The maximum absolute atomic E-state index is 4.54. The van der Waals surface area contributed by atoms with E-state index in [1.807, 2.05) is 13.0 Å². The second-order valence-corrected chi connectivity index (χ2v) is 9.53. The molecular weight excluding hydrogens is 418 g/mol. The first-order chi connectivity index (χ1) is 15.7. The van der Waals surface area contributed by atoms with Crippen molar-refractivity contribution < 1.29 is 0 Å². The van der Waals surface area contributed by atoms with Crippen LogP contribution in [0.3, 0.4) is 0 Å². The van der Waals surface area contributed by atoms with Gasteiger partial charge >= 0.3 is 0 Å². The molecule has 0 aliphatic heterocycles. The summed E-state index contributed by atoms with van der Waals surface area (Å²) in [5, 5.41) is 3.54. The molecule has 1 rings (SSSR count). The molecule has 0 heterocycles. The molecule has 0 bridgehead atoms. The highest BCUT2D eigenvalue weighted by molar-refractivity contribution is 8.03. The van der Waals surface area contributed by atoms with Gasteiger partial charge in [0.05, 0.1) is 0 Å². The zero-order valence-corrected chi connectivity index (χ0v) is 22.5. The standard InChI is InChI=1S/C31H41NS/c1-11-14-18-28(12-2)21-32-26(9)31(25(8)29(13-3)20-24(7)22(4)5)27(10)33-30-19-16-15-17-23(30)6/h11-12,14-20,32H,1,8-9,13,21H2,2-7,10H3/b18-14-,28-12+,29-20+,31-27-. The van der Waals surface area contributed by atoms with Crippen LogP contribution >= 0.6 is 11.8 Å². The summed E-state index contributed by atoms with van der Waals surface area (Å²) in [4.78, 5) is 2.43. The molecule has 0 fully saturated rings. The molecule has 0 aliphatic rings. The Kier molecular flexibility index (Phi) is 12.4. The lowest BCUT2D eigenvalue weighted by molar-refractivity contribution is 0.894. The van der Waals surface area contributed by atoms with Crippen LogP contribution < -0.4 is 5.32 Å². The van der Waals surface area contributed by atoms with Crippen LogP contribution in [0.1, 0.15) is 53.5 Å². The molecule has 0 atom stereocenters. The van der Waals surface area contributed by atoms with Gasteiger partial charge in [0.15, 0.2) is 0 Å². The lowest BCUT2D eigenvalue weighted by Gasteiger charge is -2.21. The summed E-state index contributed by atoms with van der Waals surface area (Å²) < 4.78 is 0. The maximum atomic E-state index is 4.54. The average Bonchev–Trinajstić information content (AvgIpc) is 2.78. The van der Waals surface area contributed by atoms with Gasteiger partial charge in [-0.1, -0.05) is 98.1 Å². The minimum atomic E-state index is 0.691. The lowest BCUT2D eigenvalue weighted by Crippen LogP contribution is -2.18. The molecule has 1 aromatic rings. The first-order valence-electron chi connectivity index (χ1n) is 11.5. The molecule has 176 valence electrons. The van der Waals surface area contributed by atoms with Gasteiger partial charge in [0, 0.05) is 22.7 Å². The third kappa shape index (κ3) is 8.98. The number of hydrogen-bond acceptors (Lipinski definition) is 2. The predicted molar refractivity (Wildman–Crippen MR) is 152 cm³/mol. The monoisotopic (exact) mass is 459 g/mol. The van der Waals surface area contributed by atoms with E-state index >= 15 is 0 Å². The highest BCUT2D eigenvalue weighted by atomic mass is 32.2. The molecule has 1 N–H and O–H groups in total. The highest BCUT2D eigenvalue weighted by Crippen LogP contribution is 2.37. The Hall–Kier alpha value is -2.71. The van der Waals surface area contributed by atoms with Crippen LogP contribution in [0, 0.1) is 6.92 Å². The molecular formula is C31H41NS. The van der Waals surface area contributed by atoms with Gasteiger partial charge < -0.3 is 5.32 Å². The van der Waals surface area contributed by atoms with Crippen LogP contribution in [0.2, 0.25) is 0 Å². The average molecular weight is 460 g/mol. The SMILES string of the molecule is C=C/C=C\C(=C/C)CNC(=C)/C(C(=C)/C(=C/C(C)=C(C)C)CC)=C(/C)Sc1ccccc1C. The van der Waals surface area contributed by atoms with Crippen LogP contribution in [0.25, 0.3) is 0 Å². The number of hydrogen-bond donors (Lipinski definition) is 1. The fraction of sp³-hybridized carbons (Fsp3) is 0.290. The van der Waals surface area contributed by atoms with Gasteiger partial charge in [-0.2, -0.15) is 0 Å². The Labute approximate surface area is 207 Å². The lowest BCUT2D eigenvalue weighted by atomic mass is 9.93. The number of nitrogens with one attached hydrogen (secondary N) is 1. The molecule has 33 heavy (non-hydrogen) atoms. The van der Waals surface area contributed by atoms with Crippen LogP contribution in [-0.4, -0.2) is 6.54 Å². The summed E-state index contributed by atoms with van der Waals surface area (Å²) in [7, 11) is 0. The molecule has 0 unspecified atom stereocenters. The molecule has 0 aliphatic carbocycles. The number of allylic oxidation sites excluding steroid dienone is 9. The van der Waals surface area contributed by atoms with E-state index in [9.17, 15) is 0 Å². The molecule has 0 radical (unpaired) electrons. The fourth-order valence-corrected chi connectivity index (χ4v) is 4.26. The summed E-state index contributed by atoms with van der Waals surface area (Å²) in [6, 6.07) is 8.48. The molecule has 0 saturated heterocycles. The van der Waals surface area contributed by atoms with E-state index in [1.165, 1.54) is 37.7 Å². The fourth-order valence-electron chi connectivity index (χ4n) is 3.21. The van der Waals surface area contributed by atoms with Gasteiger partial charge in [0.25, 0.3) is 0 Å². The molecule has 0 spiro atoms. The highest BCUT2D eigenvalue weighted by Gasteiger charge is 2.16. The van der Waals surface area contributed by atoms with Crippen molar-refractivity contribution >= 4 is 11.8 Å². The van der Waals surface area contributed by atoms with Crippen molar-refractivity contribution in [3.8, 4) is 0 Å². The summed E-state index contributed by atoms with van der Waals surface area (Å²) in [5.74, 6) is 0. The zero-order chi connectivity index (χ0) is 25.0. The summed E-state index contributed by atoms with van der Waals surface area (Å²) in [6.07, 6.45) is 11.1. The third-order valence-electron chi connectivity index (χ3n) is 5.58. The normalized spacial score (nSPS) is 12.9. The van der Waals surface area contributed by atoms with Crippen molar-refractivity contribution in [3.05, 3.63) is 124 Å². The second kappa shape index (κ2) is 14.4. The topological polar surface area (TPSA) is 12.0 Å². The van der Waals surface area contributed by atoms with E-state index < -0.39 is 0 Å². The smallest absolute Gasteiger partial charge is 0.0397 e. The van der Waals surface area contributed by atoms with E-state index in [4.69, 9.17) is 0 Å². The van der Waals surface area contributed by atoms with E-state index in [0.29, 0.717) is 6.54 Å². The first-order valence-corrected chi connectivity index (χ1v) is 12.3. The Morgan fingerprint density at radius 2 is 1.76 bits per heavy atom. The van der Waals surface area contributed by atoms with Crippen molar-refractivity contribution in [2.45, 2.75) is 59.8 Å². The maximum Gasteiger partial charge on any atom is 0.0397 e.